The molecule has 0 aliphatic carbocycles. The molecule has 0 radical (unpaired) electrons. The Morgan fingerprint density at radius 1 is 1.10 bits per heavy atom. The second-order valence-electron chi connectivity index (χ2n) is 5.67. The molecule has 0 spiro atoms. The quantitative estimate of drug-likeness (QED) is 0.535. The van der Waals surface area contributed by atoms with Gasteiger partial charge in [-0.3, -0.25) is 4.79 Å². The van der Waals surface area contributed by atoms with Gasteiger partial charge in [-0.05, 0) is 17.5 Å². The summed E-state index contributed by atoms with van der Waals surface area (Å²) in [6, 6.07) is 7.69. The Bertz CT molecular complexity index is 420. The molecule has 1 rings (SSSR count). The smallest absolute Gasteiger partial charge is 0.310 e. The van der Waals surface area contributed by atoms with E-state index in [4.69, 9.17) is 0 Å². The molecule has 0 aliphatic heterocycles. The molecular formula is C19H28O2. The van der Waals surface area contributed by atoms with E-state index < -0.39 is 5.97 Å². The van der Waals surface area contributed by atoms with Crippen LogP contribution in [0, 0.1) is 0 Å². The monoisotopic (exact) mass is 288 g/mol. The lowest BCUT2D eigenvalue weighted by Gasteiger charge is -2.13. The van der Waals surface area contributed by atoms with Crippen LogP contribution in [0.25, 0.3) is 6.08 Å². The van der Waals surface area contributed by atoms with Crippen LogP contribution in [0.2, 0.25) is 0 Å². The van der Waals surface area contributed by atoms with Crippen LogP contribution in [0.3, 0.4) is 0 Å². The SMILES string of the molecule is C=Cc1ccc(C(CCCCCCCCC)C(=O)O)cc1. The van der Waals surface area contributed by atoms with Crippen LogP contribution in [0.15, 0.2) is 30.8 Å². The first-order valence-electron chi connectivity index (χ1n) is 8.14. The van der Waals surface area contributed by atoms with Gasteiger partial charge in [0.2, 0.25) is 0 Å². The van der Waals surface area contributed by atoms with Crippen LogP contribution in [-0.4, -0.2) is 11.1 Å². The third-order valence-corrected chi connectivity index (χ3v) is 3.97. The lowest BCUT2D eigenvalue weighted by molar-refractivity contribution is -0.139. The second-order valence-corrected chi connectivity index (χ2v) is 5.67. The first-order chi connectivity index (χ1) is 10.2. The van der Waals surface area contributed by atoms with Gasteiger partial charge in [0.05, 0.1) is 5.92 Å². The highest BCUT2D eigenvalue weighted by molar-refractivity contribution is 5.76. The summed E-state index contributed by atoms with van der Waals surface area (Å²) in [4.78, 5) is 11.4. The Morgan fingerprint density at radius 3 is 2.19 bits per heavy atom. The second kappa shape index (κ2) is 10.2. The molecule has 1 N–H and O–H groups in total. The molecule has 2 heteroatoms. The zero-order valence-electron chi connectivity index (χ0n) is 13.2. The van der Waals surface area contributed by atoms with Crippen LogP contribution in [0.4, 0.5) is 0 Å². The molecule has 116 valence electrons. The van der Waals surface area contributed by atoms with Gasteiger partial charge < -0.3 is 5.11 Å². The van der Waals surface area contributed by atoms with Gasteiger partial charge in [0.25, 0.3) is 0 Å². The molecule has 1 atom stereocenters. The standard InChI is InChI=1S/C19H28O2/c1-3-5-6-7-8-9-10-11-18(19(20)21)17-14-12-16(4-2)13-15-17/h4,12-15,18H,2-3,5-11H2,1H3,(H,20,21). The molecular weight excluding hydrogens is 260 g/mol. The van der Waals surface area contributed by atoms with Crippen molar-refractivity contribution in [3.63, 3.8) is 0 Å². The summed E-state index contributed by atoms with van der Waals surface area (Å²) >= 11 is 0. The third-order valence-electron chi connectivity index (χ3n) is 3.97. The van der Waals surface area contributed by atoms with Crippen molar-refractivity contribution in [1.29, 1.82) is 0 Å². The fourth-order valence-electron chi connectivity index (χ4n) is 2.60. The number of carboxylic acid groups (broad SMARTS) is 1. The summed E-state index contributed by atoms with van der Waals surface area (Å²) in [6.45, 7) is 5.93. The Morgan fingerprint density at radius 2 is 1.67 bits per heavy atom. The van der Waals surface area contributed by atoms with Gasteiger partial charge in [0.15, 0.2) is 0 Å². The maximum absolute atomic E-state index is 11.4. The highest BCUT2D eigenvalue weighted by atomic mass is 16.4. The molecule has 21 heavy (non-hydrogen) atoms. The summed E-state index contributed by atoms with van der Waals surface area (Å²) in [7, 11) is 0. The van der Waals surface area contributed by atoms with Gasteiger partial charge >= 0.3 is 5.97 Å². The molecule has 1 aromatic rings. The number of aliphatic carboxylic acids is 1. The Hall–Kier alpha value is -1.57. The number of carboxylic acids is 1. The van der Waals surface area contributed by atoms with Crippen molar-refractivity contribution < 1.29 is 9.90 Å². The minimum absolute atomic E-state index is 0.375. The fourth-order valence-corrected chi connectivity index (χ4v) is 2.60. The topological polar surface area (TPSA) is 37.3 Å². The largest absolute Gasteiger partial charge is 0.481 e. The van der Waals surface area contributed by atoms with Crippen molar-refractivity contribution in [2.45, 2.75) is 64.2 Å². The van der Waals surface area contributed by atoms with Crippen molar-refractivity contribution in [1.82, 2.24) is 0 Å². The van der Waals surface area contributed by atoms with Crippen LogP contribution >= 0.6 is 0 Å². The Labute approximate surface area is 128 Å². The van der Waals surface area contributed by atoms with Crippen LogP contribution in [0.5, 0.6) is 0 Å². The molecule has 0 saturated carbocycles. The van der Waals surface area contributed by atoms with Gasteiger partial charge in [-0.15, -0.1) is 0 Å². The van der Waals surface area contributed by atoms with E-state index in [1.54, 1.807) is 6.08 Å². The van der Waals surface area contributed by atoms with E-state index in [-0.39, 0.29) is 5.92 Å². The summed E-state index contributed by atoms with van der Waals surface area (Å²) in [5.41, 5.74) is 1.93. The van der Waals surface area contributed by atoms with Gasteiger partial charge in [0, 0.05) is 0 Å². The zero-order valence-corrected chi connectivity index (χ0v) is 13.2. The molecule has 0 heterocycles. The number of hydrogen-bond acceptors (Lipinski definition) is 1. The first kappa shape index (κ1) is 17.5. The first-order valence-corrected chi connectivity index (χ1v) is 8.14. The summed E-state index contributed by atoms with van der Waals surface area (Å²) in [6.07, 6.45) is 11.0. The average Bonchev–Trinajstić information content (AvgIpc) is 2.50. The Balaban J connectivity index is 2.39. The van der Waals surface area contributed by atoms with E-state index in [0.717, 1.165) is 30.4 Å². The fraction of sp³-hybridized carbons (Fsp3) is 0.526. The predicted molar refractivity (Wildman–Crippen MR) is 89.5 cm³/mol. The average molecular weight is 288 g/mol. The summed E-state index contributed by atoms with van der Waals surface area (Å²) in [5, 5.41) is 9.41. The zero-order chi connectivity index (χ0) is 15.5. The van der Waals surface area contributed by atoms with Crippen LogP contribution in [0.1, 0.15) is 75.3 Å². The minimum atomic E-state index is -0.715. The normalized spacial score (nSPS) is 12.0. The molecule has 0 aromatic heterocycles. The lowest BCUT2D eigenvalue weighted by atomic mass is 9.92. The van der Waals surface area contributed by atoms with Crippen molar-refractivity contribution in [3.05, 3.63) is 42.0 Å². The van der Waals surface area contributed by atoms with Gasteiger partial charge in [-0.25, -0.2) is 0 Å². The molecule has 1 unspecified atom stereocenters. The van der Waals surface area contributed by atoms with E-state index >= 15 is 0 Å². The molecule has 0 amide bonds. The van der Waals surface area contributed by atoms with E-state index in [2.05, 4.69) is 13.5 Å². The molecule has 0 aliphatic rings. The highest BCUT2D eigenvalue weighted by Crippen LogP contribution is 2.24. The predicted octanol–water partition coefficient (Wildman–Crippen LogP) is 5.64. The van der Waals surface area contributed by atoms with E-state index in [1.807, 2.05) is 24.3 Å². The molecule has 0 saturated heterocycles. The number of unbranched alkanes of at least 4 members (excludes halogenated alkanes) is 6. The molecule has 0 bridgehead atoms. The number of carbonyl (C=O) groups is 1. The number of benzene rings is 1. The van der Waals surface area contributed by atoms with Crippen LogP contribution in [-0.2, 0) is 4.79 Å². The van der Waals surface area contributed by atoms with E-state index in [9.17, 15) is 9.90 Å². The van der Waals surface area contributed by atoms with Gasteiger partial charge in [0.1, 0.15) is 0 Å². The molecule has 2 nitrogen and oxygen atoms in total. The maximum Gasteiger partial charge on any atom is 0.310 e. The van der Waals surface area contributed by atoms with Crippen molar-refractivity contribution in [3.8, 4) is 0 Å². The number of rotatable bonds is 11. The molecule has 0 fully saturated rings. The van der Waals surface area contributed by atoms with E-state index in [0.29, 0.717) is 0 Å². The van der Waals surface area contributed by atoms with E-state index in [1.165, 1.54) is 32.1 Å². The molecule has 1 aromatic carbocycles. The van der Waals surface area contributed by atoms with Crippen molar-refractivity contribution in [2.24, 2.45) is 0 Å². The van der Waals surface area contributed by atoms with Gasteiger partial charge in [-0.2, -0.15) is 0 Å². The van der Waals surface area contributed by atoms with Gasteiger partial charge in [-0.1, -0.05) is 88.8 Å². The van der Waals surface area contributed by atoms with Crippen molar-refractivity contribution in [2.75, 3.05) is 0 Å². The van der Waals surface area contributed by atoms with Crippen LogP contribution < -0.4 is 0 Å². The minimum Gasteiger partial charge on any atom is -0.481 e. The maximum atomic E-state index is 11.4. The Kier molecular flexibility index (Phi) is 8.49. The lowest BCUT2D eigenvalue weighted by Crippen LogP contribution is -2.11. The number of hydrogen-bond donors (Lipinski definition) is 1. The van der Waals surface area contributed by atoms with Crippen molar-refractivity contribution >= 4 is 12.0 Å². The highest BCUT2D eigenvalue weighted by Gasteiger charge is 2.18. The summed E-state index contributed by atoms with van der Waals surface area (Å²) in [5.74, 6) is -1.09. The third kappa shape index (κ3) is 6.61. The summed E-state index contributed by atoms with van der Waals surface area (Å²) < 4.78 is 0.